The molecule has 2 unspecified atom stereocenters. The third kappa shape index (κ3) is 2.31. The number of imidazole rings is 1. The van der Waals surface area contributed by atoms with E-state index in [9.17, 15) is 8.42 Å². The Morgan fingerprint density at radius 3 is 2.94 bits per heavy atom. The number of nitrogens with one attached hydrogen (secondary N) is 1. The van der Waals surface area contributed by atoms with Crippen LogP contribution in [0.25, 0.3) is 0 Å². The number of rotatable bonds is 2. The van der Waals surface area contributed by atoms with Crippen molar-refractivity contribution in [2.24, 2.45) is 0 Å². The van der Waals surface area contributed by atoms with Crippen molar-refractivity contribution < 1.29 is 8.42 Å². The van der Waals surface area contributed by atoms with Gasteiger partial charge in [0.1, 0.15) is 0 Å². The molecule has 3 heterocycles. The maximum Gasteiger partial charge on any atom is 0.152 e. The fourth-order valence-corrected chi connectivity index (χ4v) is 4.75. The Kier molecular flexibility index (Phi) is 3.15. The summed E-state index contributed by atoms with van der Waals surface area (Å²) in [6, 6.07) is 0.0921. The molecule has 6 heteroatoms. The smallest absolute Gasteiger partial charge is 0.152 e. The second-order valence-electron chi connectivity index (χ2n) is 5.33. The quantitative estimate of drug-likeness (QED) is 0.859. The molecule has 0 aliphatic carbocycles. The average molecular weight is 269 g/mol. The van der Waals surface area contributed by atoms with E-state index in [0.29, 0.717) is 11.7 Å². The molecular weight excluding hydrogens is 250 g/mol. The van der Waals surface area contributed by atoms with Crippen LogP contribution in [-0.4, -0.2) is 42.6 Å². The Morgan fingerprint density at radius 1 is 1.39 bits per heavy atom. The number of piperidine rings is 1. The van der Waals surface area contributed by atoms with Crippen molar-refractivity contribution in [3.05, 3.63) is 18.2 Å². The zero-order valence-electron chi connectivity index (χ0n) is 10.4. The van der Waals surface area contributed by atoms with Gasteiger partial charge in [-0.15, -0.1) is 0 Å². The molecule has 0 amide bonds. The topological polar surface area (TPSA) is 64.0 Å². The summed E-state index contributed by atoms with van der Waals surface area (Å²) in [5.41, 5.74) is 1.20. The SMILES string of the molecule is O=S1(=O)CCC(n2cncc2C2CCCNC2)C1. The monoisotopic (exact) mass is 269 g/mol. The molecule has 3 rings (SSSR count). The third-order valence-electron chi connectivity index (χ3n) is 4.01. The van der Waals surface area contributed by atoms with Crippen LogP contribution >= 0.6 is 0 Å². The summed E-state index contributed by atoms with van der Waals surface area (Å²) in [6.45, 7) is 2.06. The highest BCUT2D eigenvalue weighted by atomic mass is 32.2. The Morgan fingerprint density at radius 2 is 2.28 bits per heavy atom. The van der Waals surface area contributed by atoms with Gasteiger partial charge < -0.3 is 9.88 Å². The maximum atomic E-state index is 11.6. The standard InChI is InChI=1S/C12H19N3O2S/c16-18(17)5-3-11(8-18)15-9-14-7-12(15)10-2-1-4-13-6-10/h7,9-11,13H,1-6,8H2. The van der Waals surface area contributed by atoms with E-state index < -0.39 is 9.84 Å². The van der Waals surface area contributed by atoms with E-state index in [2.05, 4.69) is 14.9 Å². The second-order valence-corrected chi connectivity index (χ2v) is 7.55. The lowest BCUT2D eigenvalue weighted by molar-refractivity contribution is 0.426. The van der Waals surface area contributed by atoms with Crippen LogP contribution in [-0.2, 0) is 9.84 Å². The molecular formula is C12H19N3O2S. The molecule has 0 spiro atoms. The van der Waals surface area contributed by atoms with E-state index in [1.165, 1.54) is 12.1 Å². The van der Waals surface area contributed by atoms with Crippen LogP contribution in [0.2, 0.25) is 0 Å². The summed E-state index contributed by atoms with van der Waals surface area (Å²) in [6.07, 6.45) is 6.78. The lowest BCUT2D eigenvalue weighted by Crippen LogP contribution is -2.30. The van der Waals surface area contributed by atoms with Crippen LogP contribution in [0.3, 0.4) is 0 Å². The molecule has 2 aliphatic rings. The molecule has 100 valence electrons. The normalized spacial score (nSPS) is 31.6. The molecule has 0 aromatic carbocycles. The first-order chi connectivity index (χ1) is 8.66. The van der Waals surface area contributed by atoms with Crippen molar-refractivity contribution in [1.29, 1.82) is 0 Å². The van der Waals surface area contributed by atoms with Gasteiger partial charge in [0.2, 0.25) is 0 Å². The van der Waals surface area contributed by atoms with Crippen molar-refractivity contribution in [2.75, 3.05) is 24.6 Å². The molecule has 2 fully saturated rings. The molecule has 1 aromatic rings. The molecule has 1 aromatic heterocycles. The second kappa shape index (κ2) is 4.66. The highest BCUT2D eigenvalue weighted by Gasteiger charge is 2.31. The number of sulfone groups is 1. The highest BCUT2D eigenvalue weighted by Crippen LogP contribution is 2.30. The summed E-state index contributed by atoms with van der Waals surface area (Å²) >= 11 is 0. The highest BCUT2D eigenvalue weighted by molar-refractivity contribution is 7.91. The van der Waals surface area contributed by atoms with E-state index in [4.69, 9.17) is 0 Å². The molecule has 18 heavy (non-hydrogen) atoms. The lowest BCUT2D eigenvalue weighted by atomic mass is 9.96. The first-order valence-corrected chi connectivity index (χ1v) is 8.41. The summed E-state index contributed by atoms with van der Waals surface area (Å²) in [4.78, 5) is 4.23. The average Bonchev–Trinajstić information content (AvgIpc) is 2.96. The van der Waals surface area contributed by atoms with Gasteiger partial charge in [-0.3, -0.25) is 0 Å². The number of aromatic nitrogens is 2. The lowest BCUT2D eigenvalue weighted by Gasteiger charge is -2.25. The van der Waals surface area contributed by atoms with Crippen molar-refractivity contribution >= 4 is 9.84 Å². The van der Waals surface area contributed by atoms with Crippen LogP contribution in [0.15, 0.2) is 12.5 Å². The number of hydrogen-bond acceptors (Lipinski definition) is 4. The third-order valence-corrected chi connectivity index (χ3v) is 5.76. The molecule has 0 bridgehead atoms. The Hall–Kier alpha value is -0.880. The first-order valence-electron chi connectivity index (χ1n) is 6.58. The predicted octanol–water partition coefficient (Wildman–Crippen LogP) is 0.710. The van der Waals surface area contributed by atoms with Crippen LogP contribution < -0.4 is 5.32 Å². The van der Waals surface area contributed by atoms with Crippen LogP contribution in [0.1, 0.15) is 36.9 Å². The van der Waals surface area contributed by atoms with Gasteiger partial charge in [-0.1, -0.05) is 0 Å². The van der Waals surface area contributed by atoms with Gasteiger partial charge in [0.15, 0.2) is 9.84 Å². The van der Waals surface area contributed by atoms with Gasteiger partial charge in [0.05, 0.1) is 17.8 Å². The minimum absolute atomic E-state index is 0.0921. The molecule has 2 aliphatic heterocycles. The summed E-state index contributed by atoms with van der Waals surface area (Å²) in [7, 11) is -2.83. The largest absolute Gasteiger partial charge is 0.330 e. The van der Waals surface area contributed by atoms with Gasteiger partial charge in [-0.05, 0) is 25.8 Å². The van der Waals surface area contributed by atoms with Crippen LogP contribution in [0, 0.1) is 0 Å². The van der Waals surface area contributed by atoms with Gasteiger partial charge in [0.25, 0.3) is 0 Å². The van der Waals surface area contributed by atoms with Crippen molar-refractivity contribution in [1.82, 2.24) is 14.9 Å². The van der Waals surface area contributed by atoms with Gasteiger partial charge in [-0.2, -0.15) is 0 Å². The summed E-state index contributed by atoms with van der Waals surface area (Å²) in [5, 5.41) is 3.40. The van der Waals surface area contributed by atoms with E-state index in [0.717, 1.165) is 25.9 Å². The number of hydrogen-bond donors (Lipinski definition) is 1. The Bertz CT molecular complexity index is 517. The summed E-state index contributed by atoms with van der Waals surface area (Å²) < 4.78 is 25.3. The predicted molar refractivity (Wildman–Crippen MR) is 69.4 cm³/mol. The van der Waals surface area contributed by atoms with Crippen molar-refractivity contribution in [3.8, 4) is 0 Å². The van der Waals surface area contributed by atoms with Crippen LogP contribution in [0.5, 0.6) is 0 Å². The van der Waals surface area contributed by atoms with Crippen molar-refractivity contribution in [3.63, 3.8) is 0 Å². The molecule has 0 radical (unpaired) electrons. The molecule has 1 N–H and O–H groups in total. The van der Waals surface area contributed by atoms with Gasteiger partial charge in [-0.25, -0.2) is 13.4 Å². The molecule has 0 saturated carbocycles. The van der Waals surface area contributed by atoms with E-state index in [1.807, 2.05) is 6.20 Å². The Balaban J connectivity index is 1.83. The first kappa shape index (κ1) is 12.2. The molecule has 2 atom stereocenters. The maximum absolute atomic E-state index is 11.6. The van der Waals surface area contributed by atoms with E-state index in [1.54, 1.807) is 6.33 Å². The molecule has 2 saturated heterocycles. The minimum atomic E-state index is -2.83. The summed E-state index contributed by atoms with van der Waals surface area (Å²) in [5.74, 6) is 1.07. The minimum Gasteiger partial charge on any atom is -0.330 e. The Labute approximate surface area is 108 Å². The number of nitrogens with zero attached hydrogens (tertiary/aromatic N) is 2. The van der Waals surface area contributed by atoms with E-state index >= 15 is 0 Å². The zero-order valence-corrected chi connectivity index (χ0v) is 11.2. The fourth-order valence-electron chi connectivity index (χ4n) is 3.04. The van der Waals surface area contributed by atoms with E-state index in [-0.39, 0.29) is 11.8 Å². The fraction of sp³-hybridized carbons (Fsp3) is 0.750. The zero-order chi connectivity index (χ0) is 12.6. The van der Waals surface area contributed by atoms with Gasteiger partial charge >= 0.3 is 0 Å². The van der Waals surface area contributed by atoms with Crippen molar-refractivity contribution in [2.45, 2.75) is 31.2 Å². The molecule has 5 nitrogen and oxygen atoms in total. The van der Waals surface area contributed by atoms with Crippen LogP contribution in [0.4, 0.5) is 0 Å². The van der Waals surface area contributed by atoms with Gasteiger partial charge in [0, 0.05) is 30.4 Å².